The third-order valence-corrected chi connectivity index (χ3v) is 7.52. The molecule has 6 nitrogen and oxygen atoms in total. The van der Waals surface area contributed by atoms with Crippen molar-refractivity contribution >= 4 is 37.6 Å². The summed E-state index contributed by atoms with van der Waals surface area (Å²) in [7, 11) is -3.52. The summed E-state index contributed by atoms with van der Waals surface area (Å²) in [6.45, 7) is 4.40. The second-order valence-corrected chi connectivity index (χ2v) is 10.0. The van der Waals surface area contributed by atoms with Crippen LogP contribution in [0.2, 0.25) is 0 Å². The van der Waals surface area contributed by atoms with Crippen molar-refractivity contribution in [3.05, 3.63) is 64.1 Å². The number of hydrazone groups is 1. The molecule has 8 heteroatoms. The highest BCUT2D eigenvalue weighted by Gasteiger charge is 2.32. The van der Waals surface area contributed by atoms with Crippen molar-refractivity contribution in [1.82, 2.24) is 9.73 Å². The molecule has 0 aromatic heterocycles. The lowest BCUT2D eigenvalue weighted by atomic mass is 9.98. The Morgan fingerprint density at radius 1 is 1.07 bits per heavy atom. The van der Waals surface area contributed by atoms with Crippen LogP contribution in [0.1, 0.15) is 30.9 Å². The van der Waals surface area contributed by atoms with Gasteiger partial charge in [-0.25, -0.2) is 13.8 Å². The number of hydrogen-bond donors (Lipinski definition) is 1. The van der Waals surface area contributed by atoms with Gasteiger partial charge in [-0.1, -0.05) is 45.8 Å². The van der Waals surface area contributed by atoms with Gasteiger partial charge in [-0.2, -0.15) is 9.41 Å². The molecule has 2 aromatic carbocycles. The minimum absolute atomic E-state index is 0.172. The Hall–Kier alpha value is -2.03. The van der Waals surface area contributed by atoms with E-state index in [-0.39, 0.29) is 11.8 Å². The van der Waals surface area contributed by atoms with Crippen molar-refractivity contribution in [2.45, 2.75) is 31.6 Å². The molecule has 3 rings (SSSR count). The second kappa shape index (κ2) is 9.19. The number of piperidine rings is 1. The van der Waals surface area contributed by atoms with Crippen LogP contribution in [0.15, 0.2) is 63.0 Å². The number of rotatable bonds is 5. The fraction of sp³-hybridized carbons (Fsp3) is 0.333. The van der Waals surface area contributed by atoms with Gasteiger partial charge in [-0.05, 0) is 56.5 Å². The lowest BCUT2D eigenvalue weighted by molar-refractivity contribution is -0.126. The number of amides is 1. The molecule has 0 radical (unpaired) electrons. The van der Waals surface area contributed by atoms with Crippen molar-refractivity contribution in [3.8, 4) is 0 Å². The molecule has 0 spiro atoms. The minimum Gasteiger partial charge on any atom is -0.273 e. The zero-order valence-electron chi connectivity index (χ0n) is 16.4. The Labute approximate surface area is 180 Å². The first kappa shape index (κ1) is 21.7. The summed E-state index contributed by atoms with van der Waals surface area (Å²) >= 11 is 3.39. The Kier molecular flexibility index (Phi) is 6.87. The van der Waals surface area contributed by atoms with E-state index in [0.29, 0.717) is 36.5 Å². The number of benzene rings is 2. The second-order valence-electron chi connectivity index (χ2n) is 7.17. The maximum absolute atomic E-state index is 12.8. The van der Waals surface area contributed by atoms with Crippen LogP contribution in [0.25, 0.3) is 0 Å². The smallest absolute Gasteiger partial charge is 0.243 e. The van der Waals surface area contributed by atoms with Gasteiger partial charge in [0.1, 0.15) is 0 Å². The third kappa shape index (κ3) is 5.32. The van der Waals surface area contributed by atoms with Gasteiger partial charge in [0.2, 0.25) is 15.9 Å². The average Bonchev–Trinajstić information content (AvgIpc) is 2.72. The Bertz CT molecular complexity index is 994. The molecule has 0 aliphatic carbocycles. The van der Waals surface area contributed by atoms with Crippen LogP contribution >= 0.6 is 15.9 Å². The molecule has 1 aliphatic heterocycles. The lowest BCUT2D eigenvalue weighted by Gasteiger charge is -2.30. The minimum atomic E-state index is -3.52. The largest absolute Gasteiger partial charge is 0.273 e. The molecule has 2 aromatic rings. The third-order valence-electron chi connectivity index (χ3n) is 5.08. The fourth-order valence-electron chi connectivity index (χ4n) is 3.20. The summed E-state index contributed by atoms with van der Waals surface area (Å²) in [6, 6.07) is 14.5. The lowest BCUT2D eigenvalue weighted by Crippen LogP contribution is -2.42. The van der Waals surface area contributed by atoms with Crippen molar-refractivity contribution in [1.29, 1.82) is 0 Å². The Balaban J connectivity index is 1.57. The van der Waals surface area contributed by atoms with Crippen LogP contribution in [-0.4, -0.2) is 37.4 Å². The first-order valence-corrected chi connectivity index (χ1v) is 11.7. The predicted molar refractivity (Wildman–Crippen MR) is 117 cm³/mol. The number of hydrogen-bond acceptors (Lipinski definition) is 4. The summed E-state index contributed by atoms with van der Waals surface area (Å²) in [6.07, 6.45) is 0.952. The zero-order chi connectivity index (χ0) is 21.0. The summed E-state index contributed by atoms with van der Waals surface area (Å²) < 4.78 is 28.0. The molecule has 1 aliphatic rings. The van der Waals surface area contributed by atoms with Crippen LogP contribution in [0.4, 0.5) is 0 Å². The quantitative estimate of drug-likeness (QED) is 0.526. The van der Waals surface area contributed by atoms with E-state index in [1.165, 1.54) is 4.31 Å². The van der Waals surface area contributed by atoms with Gasteiger partial charge in [-0.3, -0.25) is 4.79 Å². The van der Waals surface area contributed by atoms with Gasteiger partial charge in [-0.15, -0.1) is 0 Å². The summed E-state index contributed by atoms with van der Waals surface area (Å²) in [5.74, 6) is -0.421. The molecule has 1 N–H and O–H groups in total. The van der Waals surface area contributed by atoms with Gasteiger partial charge >= 0.3 is 0 Å². The van der Waals surface area contributed by atoms with Gasteiger partial charge in [0.15, 0.2) is 0 Å². The highest BCUT2D eigenvalue weighted by atomic mass is 79.9. The number of nitrogens with one attached hydrogen (secondary N) is 1. The number of aryl methyl sites for hydroxylation is 1. The van der Waals surface area contributed by atoms with Crippen LogP contribution in [-0.2, 0) is 14.8 Å². The zero-order valence-corrected chi connectivity index (χ0v) is 18.8. The number of halogens is 1. The monoisotopic (exact) mass is 477 g/mol. The van der Waals surface area contributed by atoms with Gasteiger partial charge in [0, 0.05) is 23.5 Å². The number of sulfonamides is 1. The summed E-state index contributed by atoms with van der Waals surface area (Å²) in [5.41, 5.74) is 5.28. The first-order chi connectivity index (χ1) is 13.8. The molecular formula is C21H24BrN3O3S. The highest BCUT2D eigenvalue weighted by molar-refractivity contribution is 9.10. The molecule has 154 valence electrons. The van der Waals surface area contributed by atoms with Crippen molar-refractivity contribution in [2.24, 2.45) is 11.0 Å². The molecule has 0 unspecified atom stereocenters. The van der Waals surface area contributed by atoms with Crippen LogP contribution in [0.5, 0.6) is 0 Å². The van der Waals surface area contributed by atoms with E-state index >= 15 is 0 Å². The van der Waals surface area contributed by atoms with Crippen LogP contribution < -0.4 is 5.43 Å². The van der Waals surface area contributed by atoms with E-state index in [1.54, 1.807) is 24.3 Å². The van der Waals surface area contributed by atoms with Crippen molar-refractivity contribution in [3.63, 3.8) is 0 Å². The maximum atomic E-state index is 12.8. The molecule has 0 saturated carbocycles. The fourth-order valence-corrected chi connectivity index (χ4v) is 4.94. The highest BCUT2D eigenvalue weighted by Crippen LogP contribution is 2.24. The maximum Gasteiger partial charge on any atom is 0.243 e. The molecule has 1 saturated heterocycles. The normalized spacial score (nSPS) is 16.6. The molecule has 1 amide bonds. The number of carbonyl (C=O) groups is 1. The predicted octanol–water partition coefficient (Wildman–Crippen LogP) is 3.70. The average molecular weight is 478 g/mol. The van der Waals surface area contributed by atoms with Crippen LogP contribution in [0, 0.1) is 12.8 Å². The van der Waals surface area contributed by atoms with E-state index < -0.39 is 10.0 Å². The SMILES string of the molecule is C/C(=N/NC(=O)C1CCN(S(=O)(=O)c2ccc(C)cc2)CC1)c1ccc(Br)cc1. The Morgan fingerprint density at radius 2 is 1.66 bits per heavy atom. The van der Waals surface area contributed by atoms with Crippen molar-refractivity contribution < 1.29 is 13.2 Å². The Morgan fingerprint density at radius 3 is 2.24 bits per heavy atom. The van der Waals surface area contributed by atoms with Crippen molar-refractivity contribution in [2.75, 3.05) is 13.1 Å². The number of nitrogens with zero attached hydrogens (tertiary/aromatic N) is 2. The van der Waals surface area contributed by atoms with E-state index in [1.807, 2.05) is 38.1 Å². The van der Waals surface area contributed by atoms with E-state index in [2.05, 4.69) is 26.5 Å². The standard InChI is InChI=1S/C21H24BrN3O3S/c1-15-3-9-20(10-4-15)29(27,28)25-13-11-18(12-14-25)21(26)24-23-16(2)17-5-7-19(22)8-6-17/h3-10,18H,11-14H2,1-2H3,(H,24,26)/b23-16-. The van der Waals surface area contributed by atoms with Gasteiger partial charge in [0.25, 0.3) is 0 Å². The van der Waals surface area contributed by atoms with E-state index in [4.69, 9.17) is 0 Å². The topological polar surface area (TPSA) is 78.8 Å². The van der Waals surface area contributed by atoms with E-state index in [0.717, 1.165) is 15.6 Å². The molecule has 0 bridgehead atoms. The van der Waals surface area contributed by atoms with Gasteiger partial charge < -0.3 is 0 Å². The molecule has 1 heterocycles. The molecular weight excluding hydrogens is 454 g/mol. The summed E-state index contributed by atoms with van der Waals surface area (Å²) in [5, 5.41) is 4.19. The molecule has 0 atom stereocenters. The van der Waals surface area contributed by atoms with E-state index in [9.17, 15) is 13.2 Å². The molecule has 1 fully saturated rings. The van der Waals surface area contributed by atoms with Crippen LogP contribution in [0.3, 0.4) is 0 Å². The first-order valence-electron chi connectivity index (χ1n) is 9.44. The molecule has 29 heavy (non-hydrogen) atoms. The van der Waals surface area contributed by atoms with Gasteiger partial charge in [0.05, 0.1) is 10.6 Å². The number of carbonyl (C=O) groups excluding carboxylic acids is 1. The summed E-state index contributed by atoms with van der Waals surface area (Å²) in [4.78, 5) is 12.8.